The van der Waals surface area contributed by atoms with Crippen LogP contribution < -0.4 is 16.0 Å². The predicted octanol–water partition coefficient (Wildman–Crippen LogP) is 5.29. The second kappa shape index (κ2) is 11.7. The third kappa shape index (κ3) is 6.72. The lowest BCUT2D eigenvalue weighted by Gasteiger charge is -2.20. The fraction of sp³-hybridized carbons (Fsp3) is 0.250. The van der Waals surface area contributed by atoms with Crippen molar-refractivity contribution in [2.24, 2.45) is 5.41 Å². The quantitative estimate of drug-likeness (QED) is 0.221. The SMILES string of the molecule is CNc1nc(-c2cncc(C(F)(F)F)c2)nc2cc(NC(=O)c3cc(CNC(=O)C(C)(C)CO)ccc3Cl)ccc12. The third-order valence-corrected chi connectivity index (χ3v) is 6.58. The highest BCUT2D eigenvalue weighted by molar-refractivity contribution is 6.34. The number of fused-ring (bicyclic) bond motifs is 1. The van der Waals surface area contributed by atoms with E-state index in [0.29, 0.717) is 28.0 Å². The summed E-state index contributed by atoms with van der Waals surface area (Å²) in [6, 6.07) is 10.5. The van der Waals surface area contributed by atoms with Gasteiger partial charge in [0.25, 0.3) is 5.91 Å². The van der Waals surface area contributed by atoms with Crippen molar-refractivity contribution >= 4 is 45.8 Å². The first kappa shape index (κ1) is 29.7. The van der Waals surface area contributed by atoms with Crippen molar-refractivity contribution in [2.45, 2.75) is 26.6 Å². The van der Waals surface area contributed by atoms with Gasteiger partial charge in [0, 0.05) is 42.6 Å². The average molecular weight is 587 g/mol. The molecule has 4 rings (SSSR count). The summed E-state index contributed by atoms with van der Waals surface area (Å²) >= 11 is 6.29. The van der Waals surface area contributed by atoms with Crippen LogP contribution in [0.1, 0.15) is 35.3 Å². The van der Waals surface area contributed by atoms with Gasteiger partial charge in [0.15, 0.2) is 5.82 Å². The van der Waals surface area contributed by atoms with Crippen LogP contribution in [0.2, 0.25) is 5.02 Å². The van der Waals surface area contributed by atoms with Gasteiger partial charge in [-0.05, 0) is 55.8 Å². The van der Waals surface area contributed by atoms with Crippen LogP contribution in [0, 0.1) is 5.41 Å². The highest BCUT2D eigenvalue weighted by atomic mass is 35.5. The van der Waals surface area contributed by atoms with E-state index < -0.39 is 23.1 Å². The normalized spacial score (nSPS) is 11.8. The van der Waals surface area contributed by atoms with Crippen molar-refractivity contribution in [2.75, 3.05) is 24.3 Å². The molecule has 214 valence electrons. The number of nitrogens with zero attached hydrogens (tertiary/aromatic N) is 3. The van der Waals surface area contributed by atoms with Crippen LogP contribution in [-0.4, -0.2) is 45.5 Å². The number of anilines is 2. The standard InChI is InChI=1S/C28H26ClF3N6O3/c1-27(2,14-39)26(41)35-11-15-4-7-21(29)20(8-15)25(40)36-18-5-6-19-22(10-18)37-23(38-24(19)33-3)16-9-17(13-34-12-16)28(30,31)32/h4-10,12-13,39H,11,14H2,1-3H3,(H,35,41)(H,36,40)(H,33,37,38). The number of rotatable bonds is 8. The monoisotopic (exact) mass is 586 g/mol. The maximum atomic E-state index is 13.2. The van der Waals surface area contributed by atoms with Gasteiger partial charge in [0.1, 0.15) is 5.82 Å². The number of hydrogen-bond acceptors (Lipinski definition) is 7. The number of aliphatic hydroxyl groups is 1. The van der Waals surface area contributed by atoms with Gasteiger partial charge < -0.3 is 21.1 Å². The van der Waals surface area contributed by atoms with E-state index in [2.05, 4.69) is 30.9 Å². The minimum Gasteiger partial charge on any atom is -0.395 e. The number of hydrogen-bond donors (Lipinski definition) is 4. The van der Waals surface area contributed by atoms with E-state index in [9.17, 15) is 27.9 Å². The number of carbonyl (C=O) groups is 2. The Morgan fingerprint density at radius 1 is 1.02 bits per heavy atom. The Kier molecular flexibility index (Phi) is 8.45. The molecule has 0 atom stereocenters. The Morgan fingerprint density at radius 2 is 1.78 bits per heavy atom. The van der Waals surface area contributed by atoms with Crippen molar-refractivity contribution < 1.29 is 27.9 Å². The van der Waals surface area contributed by atoms with Gasteiger partial charge in [-0.3, -0.25) is 14.6 Å². The van der Waals surface area contributed by atoms with E-state index in [1.807, 2.05) is 0 Å². The molecular weight excluding hydrogens is 561 g/mol. The number of carbonyl (C=O) groups excluding carboxylic acids is 2. The van der Waals surface area contributed by atoms with E-state index in [1.165, 1.54) is 12.3 Å². The van der Waals surface area contributed by atoms with Gasteiger partial charge in [0.05, 0.1) is 33.7 Å². The zero-order valence-corrected chi connectivity index (χ0v) is 23.0. The Morgan fingerprint density at radius 3 is 2.46 bits per heavy atom. The Labute approximate surface area is 238 Å². The molecule has 0 saturated carbocycles. The van der Waals surface area contributed by atoms with E-state index in [4.69, 9.17) is 11.6 Å². The van der Waals surface area contributed by atoms with Crippen LogP contribution in [0.15, 0.2) is 54.9 Å². The zero-order chi connectivity index (χ0) is 29.9. The molecule has 0 aliphatic carbocycles. The van der Waals surface area contributed by atoms with Crippen LogP contribution >= 0.6 is 11.6 Å². The third-order valence-electron chi connectivity index (χ3n) is 6.25. The summed E-state index contributed by atoms with van der Waals surface area (Å²) in [4.78, 5) is 37.9. The first-order valence-corrected chi connectivity index (χ1v) is 12.7. The molecule has 13 heteroatoms. The predicted molar refractivity (Wildman–Crippen MR) is 149 cm³/mol. The molecule has 2 heterocycles. The highest BCUT2D eigenvalue weighted by Gasteiger charge is 2.31. The number of alkyl halides is 3. The molecule has 0 bridgehead atoms. The van der Waals surface area contributed by atoms with E-state index in [0.717, 1.165) is 12.3 Å². The molecule has 4 N–H and O–H groups in total. The first-order valence-electron chi connectivity index (χ1n) is 12.3. The number of aromatic nitrogens is 3. The molecule has 0 saturated heterocycles. The van der Waals surface area contributed by atoms with Crippen molar-refractivity contribution in [3.63, 3.8) is 0 Å². The molecule has 0 aliphatic rings. The minimum atomic E-state index is -4.58. The molecule has 0 aliphatic heterocycles. The molecule has 0 fully saturated rings. The Bertz CT molecular complexity index is 1630. The number of aliphatic hydroxyl groups excluding tert-OH is 1. The van der Waals surface area contributed by atoms with Crippen LogP contribution in [-0.2, 0) is 17.5 Å². The maximum absolute atomic E-state index is 13.2. The van der Waals surface area contributed by atoms with Crippen LogP contribution in [0.25, 0.3) is 22.3 Å². The van der Waals surface area contributed by atoms with Crippen LogP contribution in [0.5, 0.6) is 0 Å². The summed E-state index contributed by atoms with van der Waals surface area (Å²) in [5, 5.41) is 18.5. The van der Waals surface area contributed by atoms with E-state index in [-0.39, 0.29) is 41.0 Å². The Hall–Kier alpha value is -4.29. The van der Waals surface area contributed by atoms with Crippen molar-refractivity contribution in [1.82, 2.24) is 20.3 Å². The second-order valence-corrected chi connectivity index (χ2v) is 10.2. The summed E-state index contributed by atoms with van der Waals surface area (Å²) in [5.74, 6) is -0.475. The molecule has 0 radical (unpaired) electrons. The lowest BCUT2D eigenvalue weighted by atomic mass is 9.93. The van der Waals surface area contributed by atoms with Gasteiger partial charge in [-0.2, -0.15) is 13.2 Å². The van der Waals surface area contributed by atoms with Gasteiger partial charge >= 0.3 is 6.18 Å². The van der Waals surface area contributed by atoms with Gasteiger partial charge in [0.2, 0.25) is 5.91 Å². The summed E-state index contributed by atoms with van der Waals surface area (Å²) < 4.78 is 39.7. The molecule has 2 aromatic heterocycles. The summed E-state index contributed by atoms with van der Waals surface area (Å²) in [6.07, 6.45) is -2.62. The number of benzene rings is 2. The molecular formula is C28H26ClF3N6O3. The smallest absolute Gasteiger partial charge is 0.395 e. The molecule has 9 nitrogen and oxygen atoms in total. The lowest BCUT2D eigenvalue weighted by Crippen LogP contribution is -2.38. The minimum absolute atomic E-state index is 0.0195. The summed E-state index contributed by atoms with van der Waals surface area (Å²) in [6.45, 7) is 3.01. The first-order chi connectivity index (χ1) is 19.3. The highest BCUT2D eigenvalue weighted by Crippen LogP contribution is 2.32. The summed E-state index contributed by atoms with van der Waals surface area (Å²) in [7, 11) is 1.62. The number of pyridine rings is 1. The van der Waals surface area contributed by atoms with Gasteiger partial charge in [-0.25, -0.2) is 9.97 Å². The average Bonchev–Trinajstić information content (AvgIpc) is 2.95. The fourth-order valence-electron chi connectivity index (χ4n) is 3.79. The maximum Gasteiger partial charge on any atom is 0.417 e. The molecule has 41 heavy (non-hydrogen) atoms. The largest absolute Gasteiger partial charge is 0.417 e. The van der Waals surface area contributed by atoms with Crippen LogP contribution in [0.4, 0.5) is 24.7 Å². The van der Waals surface area contributed by atoms with Crippen molar-refractivity contribution in [3.8, 4) is 11.4 Å². The number of amides is 2. The molecule has 4 aromatic rings. The topological polar surface area (TPSA) is 129 Å². The van der Waals surface area contributed by atoms with Crippen molar-refractivity contribution in [1.29, 1.82) is 0 Å². The lowest BCUT2D eigenvalue weighted by molar-refractivity contribution is -0.137. The van der Waals surface area contributed by atoms with E-state index in [1.54, 1.807) is 51.2 Å². The van der Waals surface area contributed by atoms with Gasteiger partial charge in [-0.1, -0.05) is 17.7 Å². The Balaban J connectivity index is 1.61. The molecule has 2 aromatic carbocycles. The number of nitrogens with one attached hydrogen (secondary N) is 3. The van der Waals surface area contributed by atoms with E-state index >= 15 is 0 Å². The molecule has 2 amide bonds. The zero-order valence-electron chi connectivity index (χ0n) is 22.2. The van der Waals surface area contributed by atoms with Gasteiger partial charge in [-0.15, -0.1) is 0 Å². The van der Waals surface area contributed by atoms with Crippen LogP contribution in [0.3, 0.4) is 0 Å². The van der Waals surface area contributed by atoms with Crippen molar-refractivity contribution in [3.05, 3.63) is 76.6 Å². The number of halogens is 4. The second-order valence-electron chi connectivity index (χ2n) is 9.83. The molecule has 0 spiro atoms. The fourth-order valence-corrected chi connectivity index (χ4v) is 4.00. The molecule has 0 unspecified atom stereocenters. The summed E-state index contributed by atoms with van der Waals surface area (Å²) in [5.41, 5.74) is -0.316.